The second kappa shape index (κ2) is 7.68. The van der Waals surface area contributed by atoms with Gasteiger partial charge in [-0.1, -0.05) is 36.4 Å². The Labute approximate surface area is 144 Å². The van der Waals surface area contributed by atoms with Crippen molar-refractivity contribution < 1.29 is 5.11 Å². The fraction of sp³-hybridized carbons (Fsp3) is 0.167. The third-order valence-corrected chi connectivity index (χ3v) is 4.54. The van der Waals surface area contributed by atoms with Crippen molar-refractivity contribution in [3.8, 4) is 6.07 Å². The van der Waals surface area contributed by atoms with Crippen LogP contribution >= 0.6 is 11.3 Å². The molecule has 3 aromatic rings. The largest absolute Gasteiger partial charge is 0.386 e. The lowest BCUT2D eigenvalue weighted by atomic mass is 10.2. The van der Waals surface area contributed by atoms with Crippen LogP contribution in [0.4, 0.5) is 5.82 Å². The van der Waals surface area contributed by atoms with Crippen LogP contribution in [0, 0.1) is 11.3 Å². The van der Waals surface area contributed by atoms with E-state index in [9.17, 15) is 5.11 Å². The van der Waals surface area contributed by atoms with Gasteiger partial charge in [0, 0.05) is 11.4 Å². The number of hydrogen-bond donors (Lipinski definition) is 1. The van der Waals surface area contributed by atoms with Crippen LogP contribution in [-0.4, -0.2) is 21.8 Å². The molecule has 120 valence electrons. The third-order valence-electron chi connectivity index (χ3n) is 3.57. The lowest BCUT2D eigenvalue weighted by molar-refractivity contribution is 0.186. The molecule has 0 amide bonds. The minimum absolute atomic E-state index is 0.275. The zero-order chi connectivity index (χ0) is 16.8. The first-order valence-corrected chi connectivity index (χ1v) is 8.38. The molecule has 0 spiro atoms. The number of nitriles is 1. The number of benzene rings is 1. The summed E-state index contributed by atoms with van der Waals surface area (Å²) in [5, 5.41) is 29.3. The summed E-state index contributed by atoms with van der Waals surface area (Å²) in [5.74, 6) is 0.633. The van der Waals surface area contributed by atoms with Gasteiger partial charge in [0.1, 0.15) is 12.2 Å². The molecule has 3 rings (SSSR count). The van der Waals surface area contributed by atoms with Gasteiger partial charge < -0.3 is 10.0 Å². The van der Waals surface area contributed by atoms with E-state index < -0.39 is 6.10 Å². The molecule has 5 nitrogen and oxygen atoms in total. The highest BCUT2D eigenvalue weighted by atomic mass is 32.1. The van der Waals surface area contributed by atoms with Gasteiger partial charge in [-0.05, 0) is 29.1 Å². The molecule has 1 atom stereocenters. The quantitative estimate of drug-likeness (QED) is 0.748. The van der Waals surface area contributed by atoms with Crippen molar-refractivity contribution >= 4 is 17.2 Å². The molecule has 0 radical (unpaired) electrons. The highest BCUT2D eigenvalue weighted by Crippen LogP contribution is 2.23. The summed E-state index contributed by atoms with van der Waals surface area (Å²) in [7, 11) is 0. The number of hydrogen-bond acceptors (Lipinski definition) is 6. The maximum absolute atomic E-state index is 10.5. The predicted molar refractivity (Wildman–Crippen MR) is 93.5 cm³/mol. The Kier molecular flexibility index (Phi) is 5.16. The molecule has 1 N–H and O–H groups in total. The van der Waals surface area contributed by atoms with E-state index in [0.29, 0.717) is 18.9 Å². The average molecular weight is 336 g/mol. The summed E-state index contributed by atoms with van der Waals surface area (Å²) in [5.41, 5.74) is 1.39. The van der Waals surface area contributed by atoms with Crippen LogP contribution in [0.25, 0.3) is 0 Å². The predicted octanol–water partition coefficient (Wildman–Crippen LogP) is 3.15. The van der Waals surface area contributed by atoms with E-state index in [1.165, 1.54) is 11.3 Å². The topological polar surface area (TPSA) is 73.0 Å². The minimum Gasteiger partial charge on any atom is -0.386 e. The third kappa shape index (κ3) is 3.96. The second-order valence-electron chi connectivity index (χ2n) is 5.29. The zero-order valence-electron chi connectivity index (χ0n) is 12.9. The first-order valence-electron chi connectivity index (χ1n) is 7.50. The number of aliphatic hydroxyl groups excluding tert-OH is 1. The maximum Gasteiger partial charge on any atom is 0.163 e. The van der Waals surface area contributed by atoms with Crippen LogP contribution < -0.4 is 4.90 Å². The second-order valence-corrected chi connectivity index (χ2v) is 6.27. The lowest BCUT2D eigenvalue weighted by Crippen LogP contribution is -2.29. The first kappa shape index (κ1) is 16.1. The monoisotopic (exact) mass is 336 g/mol. The van der Waals surface area contributed by atoms with Gasteiger partial charge >= 0.3 is 0 Å². The van der Waals surface area contributed by atoms with Gasteiger partial charge in [-0.15, -0.1) is 21.5 Å². The highest BCUT2D eigenvalue weighted by Gasteiger charge is 2.17. The molecule has 0 fully saturated rings. The summed E-state index contributed by atoms with van der Waals surface area (Å²) < 4.78 is 0. The molecule has 0 aliphatic carbocycles. The molecule has 0 bridgehead atoms. The van der Waals surface area contributed by atoms with Crippen molar-refractivity contribution in [1.82, 2.24) is 10.2 Å². The van der Waals surface area contributed by atoms with Gasteiger partial charge in [0.15, 0.2) is 11.5 Å². The Morgan fingerprint density at radius 2 is 1.92 bits per heavy atom. The van der Waals surface area contributed by atoms with Gasteiger partial charge in [0.2, 0.25) is 0 Å². The van der Waals surface area contributed by atoms with Crippen molar-refractivity contribution in [3.05, 3.63) is 76.1 Å². The molecule has 24 heavy (non-hydrogen) atoms. The summed E-state index contributed by atoms with van der Waals surface area (Å²) >= 11 is 1.52. The molecule has 2 heterocycles. The molecule has 6 heteroatoms. The zero-order valence-corrected chi connectivity index (χ0v) is 13.7. The van der Waals surface area contributed by atoms with Crippen molar-refractivity contribution in [2.75, 3.05) is 11.4 Å². The van der Waals surface area contributed by atoms with Crippen LogP contribution in [0.5, 0.6) is 0 Å². The highest BCUT2D eigenvalue weighted by molar-refractivity contribution is 7.10. The van der Waals surface area contributed by atoms with Crippen molar-refractivity contribution in [1.29, 1.82) is 5.26 Å². The Morgan fingerprint density at radius 3 is 2.54 bits per heavy atom. The first-order chi connectivity index (χ1) is 11.8. The lowest BCUT2D eigenvalue weighted by Gasteiger charge is -2.25. The van der Waals surface area contributed by atoms with Crippen LogP contribution in [0.3, 0.4) is 0 Å². The SMILES string of the molecule is N#Cc1ccc(N(Cc2ccccc2)CC(O)c2cccs2)nn1. The number of nitrogens with zero attached hydrogens (tertiary/aromatic N) is 4. The molecular weight excluding hydrogens is 320 g/mol. The average Bonchev–Trinajstić information content (AvgIpc) is 3.17. The van der Waals surface area contributed by atoms with E-state index in [4.69, 9.17) is 5.26 Å². The van der Waals surface area contributed by atoms with Crippen molar-refractivity contribution in [3.63, 3.8) is 0 Å². The number of thiophene rings is 1. The minimum atomic E-state index is -0.605. The normalized spacial score (nSPS) is 11.7. The van der Waals surface area contributed by atoms with Gasteiger partial charge in [0.25, 0.3) is 0 Å². The molecule has 1 unspecified atom stereocenters. The van der Waals surface area contributed by atoms with Gasteiger partial charge in [-0.3, -0.25) is 0 Å². The van der Waals surface area contributed by atoms with Crippen LogP contribution in [0.15, 0.2) is 60.0 Å². The summed E-state index contributed by atoms with van der Waals surface area (Å²) in [4.78, 5) is 2.88. The Balaban J connectivity index is 1.83. The maximum atomic E-state index is 10.5. The fourth-order valence-electron chi connectivity index (χ4n) is 2.38. The number of anilines is 1. The number of rotatable bonds is 6. The van der Waals surface area contributed by atoms with Gasteiger partial charge in [-0.2, -0.15) is 5.26 Å². The van der Waals surface area contributed by atoms with E-state index in [0.717, 1.165) is 10.4 Å². The molecule has 2 aromatic heterocycles. The summed E-state index contributed by atoms with van der Waals surface area (Å²) in [6.45, 7) is 1.000. The van der Waals surface area contributed by atoms with E-state index >= 15 is 0 Å². The smallest absolute Gasteiger partial charge is 0.163 e. The molecule has 1 aromatic carbocycles. The van der Waals surface area contributed by atoms with Gasteiger partial charge in [-0.25, -0.2) is 0 Å². The van der Waals surface area contributed by atoms with Crippen LogP contribution in [0.1, 0.15) is 22.2 Å². The molecule has 0 saturated carbocycles. The van der Waals surface area contributed by atoms with E-state index in [1.807, 2.05) is 58.8 Å². The van der Waals surface area contributed by atoms with Crippen LogP contribution in [-0.2, 0) is 6.54 Å². The van der Waals surface area contributed by atoms with E-state index in [1.54, 1.807) is 12.1 Å². The standard InChI is InChI=1S/C18H16N4OS/c19-11-15-8-9-18(21-20-15)22(12-14-5-2-1-3-6-14)13-16(23)17-7-4-10-24-17/h1-10,16,23H,12-13H2. The number of aliphatic hydroxyl groups is 1. The Bertz CT molecular complexity index is 797. The summed E-state index contributed by atoms with van der Waals surface area (Å²) in [6.07, 6.45) is -0.605. The Morgan fingerprint density at radius 1 is 1.08 bits per heavy atom. The molecule has 0 aliphatic heterocycles. The van der Waals surface area contributed by atoms with Crippen LogP contribution in [0.2, 0.25) is 0 Å². The van der Waals surface area contributed by atoms with E-state index in [2.05, 4.69) is 10.2 Å². The molecule has 0 saturated heterocycles. The Hall–Kier alpha value is -2.75. The molecule has 0 aliphatic rings. The number of aromatic nitrogens is 2. The fourth-order valence-corrected chi connectivity index (χ4v) is 3.08. The van der Waals surface area contributed by atoms with Crippen molar-refractivity contribution in [2.24, 2.45) is 0 Å². The van der Waals surface area contributed by atoms with Crippen molar-refractivity contribution in [2.45, 2.75) is 12.6 Å². The summed E-state index contributed by atoms with van der Waals surface area (Å²) in [6, 6.07) is 19.2. The van der Waals surface area contributed by atoms with Gasteiger partial charge in [0.05, 0.1) is 6.54 Å². The molecular formula is C18H16N4OS. The van der Waals surface area contributed by atoms with E-state index in [-0.39, 0.29) is 5.69 Å².